The quantitative estimate of drug-likeness (QED) is 0.122. The van der Waals surface area contributed by atoms with Crippen LogP contribution in [0.4, 0.5) is 5.69 Å². The number of ether oxygens (including phenoxy) is 1. The van der Waals surface area contributed by atoms with Gasteiger partial charge in [0.2, 0.25) is 0 Å². The van der Waals surface area contributed by atoms with Crippen molar-refractivity contribution in [3.63, 3.8) is 0 Å². The van der Waals surface area contributed by atoms with E-state index in [0.717, 1.165) is 58.2 Å². The summed E-state index contributed by atoms with van der Waals surface area (Å²) in [4.78, 5) is 24.7. The minimum Gasteiger partial charge on any atom is -0.468 e. The Balaban J connectivity index is 2.12. The molecular weight excluding hydrogens is 472 g/mol. The normalized spacial score (nSPS) is 12.6. The number of hydrogen-bond donors (Lipinski definition) is 2. The van der Waals surface area contributed by atoms with Crippen LogP contribution < -0.4 is 5.32 Å². The summed E-state index contributed by atoms with van der Waals surface area (Å²) in [5.74, 6) is -1.20. The van der Waals surface area contributed by atoms with Crippen LogP contribution in [0, 0.1) is 25.2 Å². The van der Waals surface area contributed by atoms with Crippen molar-refractivity contribution in [2.45, 2.75) is 33.6 Å². The zero-order valence-corrected chi connectivity index (χ0v) is 22.8. The molecule has 0 saturated heterocycles. The van der Waals surface area contributed by atoms with Crippen LogP contribution in [-0.2, 0) is 16.0 Å². The highest BCUT2D eigenvalue weighted by Crippen LogP contribution is 2.20. The highest BCUT2D eigenvalue weighted by atomic mass is 16.5. The van der Waals surface area contributed by atoms with E-state index in [4.69, 9.17) is 10.1 Å². The van der Waals surface area contributed by atoms with Crippen molar-refractivity contribution in [3.05, 3.63) is 125 Å². The first-order chi connectivity index (χ1) is 18.2. The Bertz CT molecular complexity index is 1280. The molecule has 198 valence electrons. The molecular formula is C33H38N2O3. The second-order valence-corrected chi connectivity index (χ2v) is 9.20. The average Bonchev–Trinajstić information content (AvgIpc) is 2.92. The lowest BCUT2D eigenvalue weighted by Crippen LogP contribution is -2.15. The van der Waals surface area contributed by atoms with Gasteiger partial charge >= 0.3 is 5.97 Å². The molecule has 0 aliphatic carbocycles. The molecule has 2 aromatic rings. The number of aryl methyl sites for hydroxylation is 3. The summed E-state index contributed by atoms with van der Waals surface area (Å²) in [6, 6.07) is 13.9. The maximum Gasteiger partial charge on any atom is 0.317 e. The third-order valence-corrected chi connectivity index (χ3v) is 6.18. The highest BCUT2D eigenvalue weighted by molar-refractivity contribution is 5.99. The second kappa shape index (κ2) is 15.1. The summed E-state index contributed by atoms with van der Waals surface area (Å²) in [6.07, 6.45) is 11.7. The van der Waals surface area contributed by atoms with Gasteiger partial charge in [-0.2, -0.15) is 0 Å². The van der Waals surface area contributed by atoms with Gasteiger partial charge in [0.25, 0.3) is 0 Å². The fourth-order valence-electron chi connectivity index (χ4n) is 3.82. The van der Waals surface area contributed by atoms with Crippen LogP contribution in [0.1, 0.15) is 40.4 Å². The van der Waals surface area contributed by atoms with E-state index in [1.165, 1.54) is 7.11 Å². The minimum atomic E-state index is -0.748. The molecule has 0 bridgehead atoms. The van der Waals surface area contributed by atoms with E-state index in [0.29, 0.717) is 5.56 Å². The van der Waals surface area contributed by atoms with E-state index in [9.17, 15) is 9.59 Å². The van der Waals surface area contributed by atoms with Gasteiger partial charge in [0.15, 0.2) is 5.78 Å². The van der Waals surface area contributed by atoms with Crippen LogP contribution in [0.25, 0.3) is 0 Å². The smallest absolute Gasteiger partial charge is 0.317 e. The van der Waals surface area contributed by atoms with Gasteiger partial charge in [0.1, 0.15) is 5.92 Å². The maximum atomic E-state index is 12.9. The molecule has 0 radical (unpaired) electrons. The molecule has 0 aliphatic heterocycles. The number of carbonyl (C=O) groups is 2. The Morgan fingerprint density at radius 2 is 1.92 bits per heavy atom. The Labute approximate surface area is 226 Å². The summed E-state index contributed by atoms with van der Waals surface area (Å²) in [5.41, 5.74) is 7.52. The zero-order chi connectivity index (χ0) is 28.1. The second-order valence-electron chi connectivity index (χ2n) is 9.20. The molecule has 0 fully saturated rings. The molecule has 1 unspecified atom stereocenters. The third-order valence-electron chi connectivity index (χ3n) is 6.18. The van der Waals surface area contributed by atoms with E-state index in [-0.39, 0.29) is 12.3 Å². The van der Waals surface area contributed by atoms with E-state index in [1.807, 2.05) is 69.3 Å². The van der Waals surface area contributed by atoms with Crippen molar-refractivity contribution in [3.8, 4) is 0 Å². The van der Waals surface area contributed by atoms with E-state index in [2.05, 4.69) is 30.6 Å². The van der Waals surface area contributed by atoms with Gasteiger partial charge in [-0.15, -0.1) is 0 Å². The van der Waals surface area contributed by atoms with Gasteiger partial charge in [0, 0.05) is 17.5 Å². The topological polar surface area (TPSA) is 79.2 Å². The number of ketones is 1. The molecule has 5 nitrogen and oxygen atoms in total. The number of rotatable bonds is 14. The first-order valence-corrected chi connectivity index (χ1v) is 12.6. The maximum absolute atomic E-state index is 12.9. The number of hydrogen-bond acceptors (Lipinski definition) is 5. The fourth-order valence-corrected chi connectivity index (χ4v) is 3.82. The fraction of sp³-hybridized carbons (Fsp3) is 0.242. The molecule has 5 heteroatoms. The number of nitrogens with one attached hydrogen (secondary N) is 2. The molecule has 0 spiro atoms. The van der Waals surface area contributed by atoms with Gasteiger partial charge < -0.3 is 15.5 Å². The molecule has 0 heterocycles. The number of esters is 1. The third kappa shape index (κ3) is 9.32. The van der Waals surface area contributed by atoms with Crippen molar-refractivity contribution in [1.29, 1.82) is 5.41 Å². The number of allylic oxidation sites excluding steroid dienone is 7. The summed E-state index contributed by atoms with van der Waals surface area (Å²) in [7, 11) is 1.30. The van der Waals surface area contributed by atoms with Gasteiger partial charge in [-0.1, -0.05) is 73.9 Å². The summed E-state index contributed by atoms with van der Waals surface area (Å²) in [5, 5.41) is 10.8. The number of anilines is 1. The largest absolute Gasteiger partial charge is 0.468 e. The van der Waals surface area contributed by atoms with Crippen LogP contribution in [0.15, 0.2) is 103 Å². The molecule has 0 aliphatic rings. The van der Waals surface area contributed by atoms with E-state index >= 15 is 0 Å². The number of benzene rings is 2. The lowest BCUT2D eigenvalue weighted by atomic mass is 9.97. The predicted octanol–water partition coefficient (Wildman–Crippen LogP) is 7.14. The highest BCUT2D eigenvalue weighted by Gasteiger charge is 2.14. The van der Waals surface area contributed by atoms with Crippen LogP contribution in [-0.4, -0.2) is 31.6 Å². The van der Waals surface area contributed by atoms with Crippen molar-refractivity contribution < 1.29 is 14.3 Å². The SMILES string of the molecule is C=C/C=C\C(=C/C(=C)/C(C)=C/C(C=N)C(=O)OC)CCc1cccc(C(=O)CNc2cc(C)ccc2C)c1. The summed E-state index contributed by atoms with van der Waals surface area (Å²) in [6.45, 7) is 14.0. The number of methoxy groups -OCH3 is 1. The van der Waals surface area contributed by atoms with Gasteiger partial charge in [0.05, 0.1) is 13.7 Å². The zero-order valence-electron chi connectivity index (χ0n) is 22.8. The predicted molar refractivity (Wildman–Crippen MR) is 158 cm³/mol. The molecule has 2 aromatic carbocycles. The molecule has 0 amide bonds. The number of Topliss-reactive ketones (excluding diaryl/α,β-unsaturated/α-hetero) is 1. The molecule has 0 aromatic heterocycles. The Kier molecular flexibility index (Phi) is 11.9. The first-order valence-electron chi connectivity index (χ1n) is 12.6. The van der Waals surface area contributed by atoms with Gasteiger partial charge in [-0.25, -0.2) is 0 Å². The molecule has 0 saturated carbocycles. The number of carbonyl (C=O) groups excluding carboxylic acids is 2. The minimum absolute atomic E-state index is 0.0376. The summed E-state index contributed by atoms with van der Waals surface area (Å²) < 4.78 is 4.75. The van der Waals surface area contributed by atoms with Crippen LogP contribution in [0.2, 0.25) is 0 Å². The lowest BCUT2D eigenvalue weighted by Gasteiger charge is -2.11. The first kappa shape index (κ1) is 30.0. The molecule has 2 N–H and O–H groups in total. The molecule has 2 rings (SSSR count). The van der Waals surface area contributed by atoms with Crippen LogP contribution in [0.3, 0.4) is 0 Å². The Morgan fingerprint density at radius 1 is 1.16 bits per heavy atom. The average molecular weight is 511 g/mol. The standard InChI is InChI=1S/C33H38N2O3/c1-7-8-10-27(18-25(4)26(5)19-30(21-34)33(37)38-6)15-16-28-11-9-12-29(20-28)32(36)22-35-31-17-23(2)13-14-24(31)3/h7-14,17-21,30,34-35H,1,4,15-16,22H2,2-3,5-6H3/b10-8-,26-19+,27-18+,34-21?. The van der Waals surface area contributed by atoms with Gasteiger partial charge in [-0.3, -0.25) is 9.59 Å². The lowest BCUT2D eigenvalue weighted by molar-refractivity contribution is -0.141. The Hall–Kier alpha value is -4.25. The van der Waals surface area contributed by atoms with E-state index in [1.54, 1.807) is 12.2 Å². The van der Waals surface area contributed by atoms with Crippen LogP contribution >= 0.6 is 0 Å². The monoisotopic (exact) mass is 510 g/mol. The Morgan fingerprint density at radius 3 is 2.61 bits per heavy atom. The van der Waals surface area contributed by atoms with Crippen LogP contribution in [0.5, 0.6) is 0 Å². The van der Waals surface area contributed by atoms with Crippen molar-refractivity contribution in [2.24, 2.45) is 5.92 Å². The molecule has 1 atom stereocenters. The van der Waals surface area contributed by atoms with E-state index < -0.39 is 11.9 Å². The van der Waals surface area contributed by atoms with Gasteiger partial charge in [-0.05, 0) is 79.2 Å². The molecule has 38 heavy (non-hydrogen) atoms. The van der Waals surface area contributed by atoms with Crippen molar-refractivity contribution >= 4 is 23.7 Å². The van der Waals surface area contributed by atoms with Crippen molar-refractivity contribution in [2.75, 3.05) is 19.0 Å². The van der Waals surface area contributed by atoms with Crippen molar-refractivity contribution in [1.82, 2.24) is 0 Å². The summed E-state index contributed by atoms with van der Waals surface area (Å²) >= 11 is 0.